The summed E-state index contributed by atoms with van der Waals surface area (Å²) in [5, 5.41) is 11.0. The van der Waals surface area contributed by atoms with Crippen molar-refractivity contribution in [2.24, 2.45) is 10.9 Å². The van der Waals surface area contributed by atoms with Crippen LogP contribution >= 0.6 is 0 Å². The molecule has 0 heterocycles. The number of nitrogens with zero attached hydrogens (tertiary/aromatic N) is 1. The van der Waals surface area contributed by atoms with Crippen molar-refractivity contribution in [3.05, 3.63) is 71.4 Å². The molecule has 3 nitrogen and oxygen atoms in total. The molecule has 0 amide bonds. The van der Waals surface area contributed by atoms with Gasteiger partial charge in [-0.3, -0.25) is 4.99 Å². The zero-order valence-corrected chi connectivity index (χ0v) is 17.9. The number of aliphatic carboxylic acids is 1. The zero-order chi connectivity index (χ0) is 17.9. The first-order chi connectivity index (χ1) is 11.4. The van der Waals surface area contributed by atoms with Crippen LogP contribution in [0, 0.1) is 5.92 Å². The van der Waals surface area contributed by atoms with E-state index in [1.807, 2.05) is 45.1 Å². The molecule has 0 aromatic carbocycles. The third-order valence-electron chi connectivity index (χ3n) is 3.50. The van der Waals surface area contributed by atoms with Crippen LogP contribution in [0.25, 0.3) is 0 Å². The van der Waals surface area contributed by atoms with E-state index in [9.17, 15) is 9.90 Å². The summed E-state index contributed by atoms with van der Waals surface area (Å²) < 4.78 is 0. The number of rotatable bonds is 8. The number of hydrogen-bond acceptors (Lipinski definition) is 3. The standard InChI is InChI=1S/C21H27NO2.Na/c1-16(2)20(21(23)24)22-15-18(4)10-6-5-9-17(3)13-14-19-11-7-8-12-19;/h5-11,13-16,20H,12H2,1-4H3,(H,23,24);/q;+1/p-1/b6-5+,14-13+,17-9+,18-10+,22-15?;/t20-;/m0./s1. The quantitative estimate of drug-likeness (QED) is 0.369. The Morgan fingerprint density at radius 3 is 2.36 bits per heavy atom. The van der Waals surface area contributed by atoms with E-state index < -0.39 is 12.0 Å². The van der Waals surface area contributed by atoms with Crippen molar-refractivity contribution >= 4 is 12.2 Å². The molecule has 1 aliphatic carbocycles. The second-order valence-corrected chi connectivity index (χ2v) is 6.20. The van der Waals surface area contributed by atoms with Gasteiger partial charge in [0.1, 0.15) is 0 Å². The molecule has 1 atom stereocenters. The van der Waals surface area contributed by atoms with E-state index in [0.717, 1.165) is 17.6 Å². The predicted octanol–water partition coefficient (Wildman–Crippen LogP) is 0.727. The maximum Gasteiger partial charge on any atom is 1.00 e. The average molecular weight is 347 g/mol. The molecule has 0 aromatic rings. The summed E-state index contributed by atoms with van der Waals surface area (Å²) in [6.07, 6.45) is 20.9. The van der Waals surface area contributed by atoms with Gasteiger partial charge in [0.15, 0.2) is 0 Å². The van der Waals surface area contributed by atoms with Gasteiger partial charge in [0, 0.05) is 6.21 Å². The normalized spacial score (nSPS) is 16.9. The van der Waals surface area contributed by atoms with Gasteiger partial charge in [-0.05, 0) is 37.3 Å². The fraction of sp³-hybridized carbons (Fsp3) is 0.333. The van der Waals surface area contributed by atoms with Crippen molar-refractivity contribution < 1.29 is 39.5 Å². The Bertz CT molecular complexity index is 647. The van der Waals surface area contributed by atoms with Crippen LogP contribution in [-0.2, 0) is 4.79 Å². The monoisotopic (exact) mass is 347 g/mol. The van der Waals surface area contributed by atoms with Crippen LogP contribution in [0.15, 0.2) is 76.4 Å². The number of carboxylic acid groups (broad SMARTS) is 1. The summed E-state index contributed by atoms with van der Waals surface area (Å²) in [4.78, 5) is 15.0. The second kappa shape index (κ2) is 12.9. The van der Waals surface area contributed by atoms with Gasteiger partial charge in [-0.25, -0.2) is 0 Å². The van der Waals surface area contributed by atoms with E-state index in [2.05, 4.69) is 42.3 Å². The van der Waals surface area contributed by atoms with E-state index in [0.29, 0.717) is 0 Å². The Balaban J connectivity index is 0.00000576. The molecule has 25 heavy (non-hydrogen) atoms. The summed E-state index contributed by atoms with van der Waals surface area (Å²) >= 11 is 0. The summed E-state index contributed by atoms with van der Waals surface area (Å²) in [6, 6.07) is -0.802. The Labute approximate surface area is 173 Å². The Hall–Kier alpha value is -1.42. The Morgan fingerprint density at radius 2 is 1.84 bits per heavy atom. The van der Waals surface area contributed by atoms with Gasteiger partial charge in [0.25, 0.3) is 0 Å². The van der Waals surface area contributed by atoms with Crippen molar-refractivity contribution in [2.45, 2.75) is 40.2 Å². The number of hydrogen-bond donors (Lipinski definition) is 0. The third kappa shape index (κ3) is 10.2. The van der Waals surface area contributed by atoms with E-state index >= 15 is 0 Å². The van der Waals surface area contributed by atoms with Crippen LogP contribution in [0.4, 0.5) is 0 Å². The molecule has 0 saturated carbocycles. The van der Waals surface area contributed by atoms with Gasteiger partial charge in [0.05, 0.1) is 12.0 Å². The molecular weight excluding hydrogens is 321 g/mol. The molecule has 0 N–H and O–H groups in total. The molecule has 0 bridgehead atoms. The SMILES string of the molecule is C\C(C=N[C@H](C(=O)[O-])C(C)C)=C/C=C/C=C(C)/C=C/C1=CC=CC1.[Na+]. The first-order valence-corrected chi connectivity index (χ1v) is 8.20. The minimum absolute atomic E-state index is 0. The van der Waals surface area contributed by atoms with Crippen LogP contribution in [0.2, 0.25) is 0 Å². The average Bonchev–Trinajstić information content (AvgIpc) is 3.02. The summed E-state index contributed by atoms with van der Waals surface area (Å²) in [7, 11) is 0. The number of carbonyl (C=O) groups excluding carboxylic acids is 1. The summed E-state index contributed by atoms with van der Waals surface area (Å²) in [6.45, 7) is 7.57. The summed E-state index contributed by atoms with van der Waals surface area (Å²) in [5.74, 6) is -1.22. The van der Waals surface area contributed by atoms with Gasteiger partial charge in [-0.1, -0.05) is 74.1 Å². The fourth-order valence-electron chi connectivity index (χ4n) is 2.04. The van der Waals surface area contributed by atoms with Crippen LogP contribution in [0.1, 0.15) is 34.1 Å². The Morgan fingerprint density at radius 1 is 1.20 bits per heavy atom. The smallest absolute Gasteiger partial charge is 0.548 e. The number of carboxylic acids is 1. The minimum atomic E-state index is -1.14. The predicted molar refractivity (Wildman–Crippen MR) is 99.8 cm³/mol. The van der Waals surface area contributed by atoms with Crippen molar-refractivity contribution in [1.29, 1.82) is 0 Å². The zero-order valence-electron chi connectivity index (χ0n) is 15.9. The fourth-order valence-corrected chi connectivity index (χ4v) is 2.04. The molecule has 1 rings (SSSR count). The largest absolute Gasteiger partial charge is 1.00 e. The van der Waals surface area contributed by atoms with Gasteiger partial charge in [-0.2, -0.15) is 0 Å². The minimum Gasteiger partial charge on any atom is -0.548 e. The van der Waals surface area contributed by atoms with Crippen molar-refractivity contribution in [2.75, 3.05) is 0 Å². The van der Waals surface area contributed by atoms with E-state index in [1.165, 1.54) is 5.57 Å². The van der Waals surface area contributed by atoms with Gasteiger partial charge in [-0.15, -0.1) is 0 Å². The first kappa shape index (κ1) is 23.6. The van der Waals surface area contributed by atoms with Gasteiger partial charge < -0.3 is 9.90 Å². The van der Waals surface area contributed by atoms with Crippen molar-refractivity contribution in [1.82, 2.24) is 0 Å². The molecule has 0 unspecified atom stereocenters. The van der Waals surface area contributed by atoms with Crippen LogP contribution in [-0.4, -0.2) is 18.2 Å². The Kier molecular flexibility index (Phi) is 12.1. The molecule has 4 heteroatoms. The molecule has 0 aliphatic heterocycles. The van der Waals surface area contributed by atoms with E-state index in [-0.39, 0.29) is 35.5 Å². The second-order valence-electron chi connectivity index (χ2n) is 6.20. The van der Waals surface area contributed by atoms with Gasteiger partial charge >= 0.3 is 29.6 Å². The molecular formula is C21H26NNaO2. The van der Waals surface area contributed by atoms with Crippen LogP contribution in [0.3, 0.4) is 0 Å². The maximum atomic E-state index is 11.0. The number of allylic oxidation sites excluding steroid dienone is 12. The van der Waals surface area contributed by atoms with E-state index in [1.54, 1.807) is 6.21 Å². The molecule has 0 spiro atoms. The maximum absolute atomic E-state index is 11.0. The summed E-state index contributed by atoms with van der Waals surface area (Å²) in [5.41, 5.74) is 3.36. The molecule has 128 valence electrons. The number of aliphatic imine (C=N–C) groups is 1. The van der Waals surface area contributed by atoms with E-state index in [4.69, 9.17) is 0 Å². The molecule has 0 radical (unpaired) electrons. The van der Waals surface area contributed by atoms with Crippen molar-refractivity contribution in [3.63, 3.8) is 0 Å². The number of carbonyl (C=O) groups is 1. The molecule has 1 aliphatic rings. The molecule has 0 aromatic heterocycles. The molecule has 0 saturated heterocycles. The molecule has 0 fully saturated rings. The van der Waals surface area contributed by atoms with Crippen molar-refractivity contribution in [3.8, 4) is 0 Å². The topological polar surface area (TPSA) is 52.5 Å². The van der Waals surface area contributed by atoms with Crippen LogP contribution in [0.5, 0.6) is 0 Å². The van der Waals surface area contributed by atoms with Crippen LogP contribution < -0.4 is 34.7 Å². The third-order valence-corrected chi connectivity index (χ3v) is 3.50. The van der Waals surface area contributed by atoms with Gasteiger partial charge in [0.2, 0.25) is 0 Å². The first-order valence-electron chi connectivity index (χ1n) is 8.20.